The van der Waals surface area contributed by atoms with Gasteiger partial charge in [-0.05, 0) is 34.4 Å². The Labute approximate surface area is 165 Å². The number of esters is 1. The van der Waals surface area contributed by atoms with Crippen LogP contribution in [0.5, 0.6) is 0 Å². The second-order valence-corrected chi connectivity index (χ2v) is 5.85. The molecule has 29 heavy (non-hydrogen) atoms. The van der Waals surface area contributed by atoms with Crippen molar-refractivity contribution < 1.29 is 32.4 Å². The third kappa shape index (κ3) is 5.90. The van der Waals surface area contributed by atoms with Gasteiger partial charge in [-0.15, -0.1) is 0 Å². The smallest absolute Gasteiger partial charge is 0.416 e. The van der Waals surface area contributed by atoms with Gasteiger partial charge in [0.15, 0.2) is 6.21 Å². The number of carbonyl (C=O) groups excluding carboxylic acids is 1. The molecule has 0 heterocycles. The molecular formula is C20H19F3N2O4. The highest BCUT2D eigenvalue weighted by Gasteiger charge is 2.31. The quantitative estimate of drug-likeness (QED) is 0.405. The Hall–Kier alpha value is -3.17. The minimum absolute atomic E-state index is 0.0423. The van der Waals surface area contributed by atoms with Crippen LogP contribution in [0.15, 0.2) is 60.3 Å². The van der Waals surface area contributed by atoms with Crippen LogP contribution in [-0.4, -0.2) is 19.3 Å². The predicted octanol–water partition coefficient (Wildman–Crippen LogP) is 4.03. The molecule has 0 radical (unpaired) electrons. The molecule has 0 fully saturated rings. The van der Waals surface area contributed by atoms with Gasteiger partial charge in [0.05, 0.1) is 12.7 Å². The Morgan fingerprint density at radius 1 is 1.24 bits per heavy atom. The lowest BCUT2D eigenvalue weighted by Gasteiger charge is -2.21. The zero-order valence-electron chi connectivity index (χ0n) is 15.5. The summed E-state index contributed by atoms with van der Waals surface area (Å²) >= 11 is 0. The first-order valence-electron chi connectivity index (χ1n) is 8.31. The van der Waals surface area contributed by atoms with E-state index in [0.29, 0.717) is 11.1 Å². The predicted molar refractivity (Wildman–Crippen MR) is 100 cm³/mol. The van der Waals surface area contributed by atoms with Gasteiger partial charge in [-0.25, -0.2) is 10.7 Å². The van der Waals surface area contributed by atoms with E-state index in [1.807, 2.05) is 0 Å². The first-order valence-corrected chi connectivity index (χ1v) is 8.31. The van der Waals surface area contributed by atoms with Crippen molar-refractivity contribution in [3.05, 3.63) is 77.4 Å². The van der Waals surface area contributed by atoms with Crippen LogP contribution in [0.4, 0.5) is 13.2 Å². The van der Waals surface area contributed by atoms with E-state index in [0.717, 1.165) is 18.3 Å². The monoisotopic (exact) mass is 408 g/mol. The van der Waals surface area contributed by atoms with Crippen molar-refractivity contribution in [2.24, 2.45) is 11.1 Å². The minimum atomic E-state index is -4.49. The van der Waals surface area contributed by atoms with Gasteiger partial charge in [-0.2, -0.15) is 13.2 Å². The third-order valence-electron chi connectivity index (χ3n) is 4.00. The number of rotatable bonds is 8. The molecule has 0 spiro atoms. The second kappa shape index (κ2) is 9.85. The van der Waals surface area contributed by atoms with Gasteiger partial charge >= 0.3 is 12.1 Å². The molecule has 0 saturated carbocycles. The zero-order valence-corrected chi connectivity index (χ0v) is 15.5. The lowest BCUT2D eigenvalue weighted by Crippen LogP contribution is -2.14. The number of oxime groups is 1. The van der Waals surface area contributed by atoms with Crippen molar-refractivity contribution >= 4 is 17.8 Å². The Kier molecular flexibility index (Phi) is 7.52. The number of halogens is 3. The average Bonchev–Trinajstić information content (AvgIpc) is 2.71. The van der Waals surface area contributed by atoms with Crippen molar-refractivity contribution in [2.45, 2.75) is 18.9 Å². The molecule has 0 amide bonds. The summed E-state index contributed by atoms with van der Waals surface area (Å²) in [5.74, 6) is 4.75. The topological polar surface area (TPSA) is 83.1 Å². The van der Waals surface area contributed by atoms with Crippen LogP contribution in [0, 0.1) is 0 Å². The van der Waals surface area contributed by atoms with Crippen LogP contribution >= 0.6 is 0 Å². The zero-order chi connectivity index (χ0) is 21.4. The summed E-state index contributed by atoms with van der Waals surface area (Å²) < 4.78 is 43.4. The number of carbonyl (C=O) groups is 1. The first kappa shape index (κ1) is 22.1. The summed E-state index contributed by atoms with van der Waals surface area (Å²) in [6, 6.07) is 11.5. The maximum atomic E-state index is 13.0. The van der Waals surface area contributed by atoms with Gasteiger partial charge < -0.3 is 9.57 Å². The van der Waals surface area contributed by atoms with Crippen molar-refractivity contribution in [2.75, 3.05) is 7.11 Å². The molecule has 0 aliphatic carbocycles. The number of hydrogen-bond acceptors (Lipinski definition) is 6. The summed E-state index contributed by atoms with van der Waals surface area (Å²) in [6.45, 7) is 3.82. The summed E-state index contributed by atoms with van der Waals surface area (Å²) in [5, 5.41) is 3.49. The molecule has 9 heteroatoms. The lowest BCUT2D eigenvalue weighted by atomic mass is 9.92. The van der Waals surface area contributed by atoms with E-state index < -0.39 is 23.8 Å². The van der Waals surface area contributed by atoms with Crippen LogP contribution in [-0.2, 0) is 32.0 Å². The van der Waals surface area contributed by atoms with E-state index in [4.69, 9.17) is 15.6 Å². The summed E-state index contributed by atoms with van der Waals surface area (Å²) in [6.07, 6.45) is -4.55. The average molecular weight is 408 g/mol. The van der Waals surface area contributed by atoms with E-state index in [1.165, 1.54) is 19.2 Å². The maximum absolute atomic E-state index is 13.0. The number of nitrogens with two attached hydrogens (primary N) is 1. The Balaban J connectivity index is 2.27. The molecule has 0 aliphatic heterocycles. The molecule has 0 aromatic heterocycles. The summed E-state index contributed by atoms with van der Waals surface area (Å²) in [4.78, 5) is 21.1. The van der Waals surface area contributed by atoms with Crippen LogP contribution in [0.3, 0.4) is 0 Å². The van der Waals surface area contributed by atoms with E-state index in [-0.39, 0.29) is 17.7 Å². The minimum Gasteiger partial charge on any atom is -0.465 e. The number of benzene rings is 2. The molecule has 2 aromatic carbocycles. The van der Waals surface area contributed by atoms with Crippen molar-refractivity contribution in [1.82, 2.24) is 0 Å². The first-order chi connectivity index (χ1) is 13.8. The van der Waals surface area contributed by atoms with Crippen LogP contribution in [0.2, 0.25) is 0 Å². The fourth-order valence-corrected chi connectivity index (χ4v) is 2.55. The molecule has 1 unspecified atom stereocenters. The fourth-order valence-electron chi connectivity index (χ4n) is 2.55. The molecule has 0 bridgehead atoms. The van der Waals surface area contributed by atoms with Crippen molar-refractivity contribution in [3.8, 4) is 0 Å². The molecule has 1 atom stereocenters. The van der Waals surface area contributed by atoms with Crippen LogP contribution in [0.1, 0.15) is 28.4 Å². The molecule has 154 valence electrons. The highest BCUT2D eigenvalue weighted by molar-refractivity contribution is 6.22. The standard InChI is InChI=1S/C20H19F3N2O4/c1-13(14-7-5-8-16(10-14)20(21,22)23)19(29-24)17-9-4-3-6-15(17)12-28-25-11-18(26)27-2/h3-11,19H,1,12,24H2,2H3/b25-11+. The van der Waals surface area contributed by atoms with E-state index in [9.17, 15) is 18.0 Å². The SMILES string of the molecule is C=C(c1cccc(C(F)(F)F)c1)C(ON)c1ccccc1CO/N=C/C(=O)OC. The highest BCUT2D eigenvalue weighted by Crippen LogP contribution is 2.36. The van der Waals surface area contributed by atoms with Crippen LogP contribution < -0.4 is 5.90 Å². The van der Waals surface area contributed by atoms with Gasteiger partial charge in [0.25, 0.3) is 0 Å². The molecule has 2 rings (SSSR count). The van der Waals surface area contributed by atoms with E-state index >= 15 is 0 Å². The van der Waals surface area contributed by atoms with Gasteiger partial charge in [0.2, 0.25) is 0 Å². The Morgan fingerprint density at radius 2 is 1.97 bits per heavy atom. The maximum Gasteiger partial charge on any atom is 0.416 e. The number of methoxy groups -OCH3 is 1. The molecule has 2 N–H and O–H groups in total. The number of ether oxygens (including phenoxy) is 1. The molecule has 6 nitrogen and oxygen atoms in total. The molecular weight excluding hydrogens is 389 g/mol. The van der Waals surface area contributed by atoms with Crippen molar-refractivity contribution in [3.63, 3.8) is 0 Å². The van der Waals surface area contributed by atoms with Crippen molar-refractivity contribution in [1.29, 1.82) is 0 Å². The van der Waals surface area contributed by atoms with Gasteiger partial charge in [-0.3, -0.25) is 4.84 Å². The second-order valence-electron chi connectivity index (χ2n) is 5.85. The van der Waals surface area contributed by atoms with Crippen LogP contribution in [0.25, 0.3) is 5.57 Å². The van der Waals surface area contributed by atoms with Gasteiger partial charge in [0.1, 0.15) is 12.7 Å². The Bertz CT molecular complexity index is 897. The highest BCUT2D eigenvalue weighted by atomic mass is 19.4. The van der Waals surface area contributed by atoms with E-state index in [1.54, 1.807) is 24.3 Å². The fraction of sp³-hybridized carbons (Fsp3) is 0.200. The Morgan fingerprint density at radius 3 is 2.62 bits per heavy atom. The molecule has 0 aliphatic rings. The number of nitrogens with zero attached hydrogens (tertiary/aromatic N) is 1. The largest absolute Gasteiger partial charge is 0.465 e. The summed E-state index contributed by atoms with van der Waals surface area (Å²) in [5.41, 5.74) is 0.795. The van der Waals surface area contributed by atoms with E-state index in [2.05, 4.69) is 16.5 Å². The number of alkyl halides is 3. The number of hydrogen-bond donors (Lipinski definition) is 1. The van der Waals surface area contributed by atoms with Gasteiger partial charge in [0, 0.05) is 0 Å². The normalized spacial score (nSPS) is 12.6. The molecule has 0 saturated heterocycles. The summed E-state index contributed by atoms with van der Waals surface area (Å²) in [7, 11) is 1.20. The third-order valence-corrected chi connectivity index (χ3v) is 4.00. The lowest BCUT2D eigenvalue weighted by molar-refractivity contribution is -0.137. The van der Waals surface area contributed by atoms with Gasteiger partial charge in [-0.1, -0.05) is 48.1 Å². The molecule has 2 aromatic rings.